The Kier molecular flexibility index (Phi) is 5.48. The Morgan fingerprint density at radius 2 is 1.11 bits per heavy atom. The SMILES string of the molecule is C=S(C)c1cccc2c1oc1c(-c3ccc(N(c4ccccc4)c4ccccc4)cc3)cccc12. The third-order valence-electron chi connectivity index (χ3n) is 6.33. The third-order valence-corrected chi connectivity index (χ3v) is 7.40. The van der Waals surface area contributed by atoms with Gasteiger partial charge in [-0.15, -0.1) is 0 Å². The minimum absolute atomic E-state index is 0.126. The van der Waals surface area contributed by atoms with Crippen molar-refractivity contribution in [3.05, 3.63) is 121 Å². The van der Waals surface area contributed by atoms with E-state index in [-0.39, 0.29) is 10.5 Å². The quantitative estimate of drug-likeness (QED) is 0.233. The predicted molar refractivity (Wildman–Crippen MR) is 153 cm³/mol. The zero-order valence-electron chi connectivity index (χ0n) is 19.5. The molecule has 0 fully saturated rings. The molecule has 0 aliphatic carbocycles. The molecule has 0 spiro atoms. The van der Waals surface area contributed by atoms with Gasteiger partial charge in [-0.05, 0) is 54.3 Å². The van der Waals surface area contributed by atoms with Crippen LogP contribution in [0.1, 0.15) is 0 Å². The summed E-state index contributed by atoms with van der Waals surface area (Å²) in [4.78, 5) is 3.44. The molecule has 0 saturated heterocycles. The highest BCUT2D eigenvalue weighted by Gasteiger charge is 2.16. The van der Waals surface area contributed by atoms with Gasteiger partial charge in [-0.25, -0.2) is 0 Å². The largest absolute Gasteiger partial charge is 0.454 e. The molecule has 0 saturated carbocycles. The first-order chi connectivity index (χ1) is 17.2. The average Bonchev–Trinajstić information content (AvgIpc) is 3.29. The predicted octanol–water partition coefficient (Wildman–Crippen LogP) is 9.41. The van der Waals surface area contributed by atoms with E-state index in [4.69, 9.17) is 4.42 Å². The molecule has 170 valence electrons. The summed E-state index contributed by atoms with van der Waals surface area (Å²) in [7, 11) is -0.126. The average molecular weight is 472 g/mol. The summed E-state index contributed by atoms with van der Waals surface area (Å²) in [6, 6.07) is 42.4. The first-order valence-electron chi connectivity index (χ1n) is 11.6. The van der Waals surface area contributed by atoms with Crippen molar-refractivity contribution in [2.45, 2.75) is 4.90 Å². The Labute approximate surface area is 208 Å². The molecule has 35 heavy (non-hydrogen) atoms. The fraction of sp³-hybridized carbons (Fsp3) is 0.0312. The summed E-state index contributed by atoms with van der Waals surface area (Å²) in [5, 5.41) is 2.29. The third kappa shape index (κ3) is 3.84. The van der Waals surface area contributed by atoms with Crippen LogP contribution >= 0.6 is 10.5 Å². The van der Waals surface area contributed by atoms with Gasteiger partial charge in [0.05, 0.1) is 0 Å². The number of furan rings is 1. The maximum Gasteiger partial charge on any atom is 0.148 e. The number of nitrogens with zero attached hydrogens (tertiary/aromatic N) is 1. The molecular formula is C32H25NOS. The Morgan fingerprint density at radius 1 is 0.571 bits per heavy atom. The molecule has 1 aromatic heterocycles. The molecule has 1 heterocycles. The Hall–Kier alpha value is -4.08. The van der Waals surface area contributed by atoms with Crippen molar-refractivity contribution in [2.75, 3.05) is 11.2 Å². The number of hydrogen-bond acceptors (Lipinski definition) is 2. The Balaban J connectivity index is 1.47. The van der Waals surface area contributed by atoms with E-state index in [1.54, 1.807) is 0 Å². The molecule has 3 heteroatoms. The van der Waals surface area contributed by atoms with Crippen molar-refractivity contribution < 1.29 is 4.42 Å². The zero-order chi connectivity index (χ0) is 23.8. The number of para-hydroxylation sites is 4. The van der Waals surface area contributed by atoms with Crippen LogP contribution in [0.2, 0.25) is 0 Å². The molecule has 1 unspecified atom stereocenters. The molecule has 0 N–H and O–H groups in total. The van der Waals surface area contributed by atoms with E-state index in [1.807, 2.05) is 12.1 Å². The van der Waals surface area contributed by atoms with Gasteiger partial charge in [-0.1, -0.05) is 84.7 Å². The smallest absolute Gasteiger partial charge is 0.148 e. The van der Waals surface area contributed by atoms with Gasteiger partial charge in [0.2, 0.25) is 0 Å². The monoisotopic (exact) mass is 471 g/mol. The van der Waals surface area contributed by atoms with E-state index in [0.29, 0.717) is 0 Å². The highest BCUT2D eigenvalue weighted by Crippen LogP contribution is 2.41. The van der Waals surface area contributed by atoms with Crippen molar-refractivity contribution in [3.8, 4) is 11.1 Å². The van der Waals surface area contributed by atoms with Crippen LogP contribution in [-0.4, -0.2) is 12.1 Å². The van der Waals surface area contributed by atoms with Crippen molar-refractivity contribution >= 4 is 55.4 Å². The minimum Gasteiger partial charge on any atom is -0.454 e. The molecule has 0 bridgehead atoms. The van der Waals surface area contributed by atoms with Gasteiger partial charge in [0, 0.05) is 38.3 Å². The second-order valence-corrected chi connectivity index (χ2v) is 10.3. The number of benzene rings is 5. The van der Waals surface area contributed by atoms with E-state index in [2.05, 4.69) is 126 Å². The summed E-state index contributed by atoms with van der Waals surface area (Å²) in [6.07, 6.45) is 2.13. The molecule has 6 rings (SSSR count). The maximum atomic E-state index is 6.50. The number of fused-ring (bicyclic) bond motifs is 3. The standard InChI is InChI=1S/C32H25NOS/c1-35(2)30-18-10-17-29-28-16-9-15-27(31(28)34-32(29)30)23-19-21-26(22-20-23)33(24-11-5-3-6-12-24)25-13-7-4-8-14-25/h3-22H,1H2,2H3. The lowest BCUT2D eigenvalue weighted by Gasteiger charge is -2.25. The second kappa shape index (κ2) is 8.94. The lowest BCUT2D eigenvalue weighted by molar-refractivity contribution is 0.661. The van der Waals surface area contributed by atoms with Crippen molar-refractivity contribution in [1.82, 2.24) is 0 Å². The molecule has 6 aromatic rings. The van der Waals surface area contributed by atoms with E-state index >= 15 is 0 Å². The first-order valence-corrected chi connectivity index (χ1v) is 13.4. The molecule has 0 aliphatic rings. The highest BCUT2D eigenvalue weighted by atomic mass is 32.2. The van der Waals surface area contributed by atoms with Gasteiger partial charge < -0.3 is 9.32 Å². The first kappa shape index (κ1) is 21.5. The normalized spacial score (nSPS) is 12.1. The van der Waals surface area contributed by atoms with Crippen molar-refractivity contribution in [1.29, 1.82) is 0 Å². The summed E-state index contributed by atoms with van der Waals surface area (Å²) >= 11 is 0. The highest BCUT2D eigenvalue weighted by molar-refractivity contribution is 8.13. The van der Waals surface area contributed by atoms with Crippen LogP contribution in [0.5, 0.6) is 0 Å². The van der Waals surface area contributed by atoms with E-state index < -0.39 is 0 Å². The fourth-order valence-electron chi connectivity index (χ4n) is 4.69. The molecule has 0 radical (unpaired) electrons. The summed E-state index contributed by atoms with van der Waals surface area (Å²) < 4.78 is 6.50. The van der Waals surface area contributed by atoms with Crippen LogP contribution in [0.3, 0.4) is 0 Å². The number of rotatable bonds is 5. The van der Waals surface area contributed by atoms with E-state index in [0.717, 1.165) is 50.1 Å². The van der Waals surface area contributed by atoms with E-state index in [1.165, 1.54) is 4.90 Å². The van der Waals surface area contributed by atoms with Crippen LogP contribution in [0.15, 0.2) is 131 Å². The van der Waals surface area contributed by atoms with Gasteiger partial charge >= 0.3 is 0 Å². The molecule has 0 amide bonds. The van der Waals surface area contributed by atoms with Gasteiger partial charge in [0.25, 0.3) is 0 Å². The van der Waals surface area contributed by atoms with Gasteiger partial charge in [0.15, 0.2) is 0 Å². The minimum atomic E-state index is -0.126. The van der Waals surface area contributed by atoms with Crippen molar-refractivity contribution in [2.24, 2.45) is 0 Å². The summed E-state index contributed by atoms with van der Waals surface area (Å²) in [6.45, 7) is 0. The van der Waals surface area contributed by atoms with Gasteiger partial charge in [-0.3, -0.25) is 0 Å². The number of hydrogen-bond donors (Lipinski definition) is 0. The Morgan fingerprint density at radius 3 is 1.71 bits per heavy atom. The van der Waals surface area contributed by atoms with E-state index in [9.17, 15) is 0 Å². The maximum absolute atomic E-state index is 6.50. The lowest BCUT2D eigenvalue weighted by atomic mass is 10.0. The molecule has 1 atom stereocenters. The van der Waals surface area contributed by atoms with Gasteiger partial charge in [0.1, 0.15) is 11.2 Å². The van der Waals surface area contributed by atoms with Crippen LogP contribution < -0.4 is 4.90 Å². The molecule has 2 nitrogen and oxygen atoms in total. The van der Waals surface area contributed by atoms with Crippen LogP contribution in [0, 0.1) is 0 Å². The summed E-state index contributed by atoms with van der Waals surface area (Å²) in [5.74, 6) is 4.25. The molecule has 0 aliphatic heterocycles. The second-order valence-electron chi connectivity index (χ2n) is 8.61. The summed E-state index contributed by atoms with van der Waals surface area (Å²) in [5.41, 5.74) is 7.47. The van der Waals surface area contributed by atoms with Crippen LogP contribution in [0.4, 0.5) is 17.1 Å². The molecule has 5 aromatic carbocycles. The topological polar surface area (TPSA) is 16.4 Å². The van der Waals surface area contributed by atoms with Crippen LogP contribution in [0.25, 0.3) is 33.1 Å². The molecular weight excluding hydrogens is 446 g/mol. The van der Waals surface area contributed by atoms with Gasteiger partial charge in [-0.2, -0.15) is 10.5 Å². The van der Waals surface area contributed by atoms with Crippen LogP contribution in [-0.2, 0) is 0 Å². The fourth-order valence-corrected chi connectivity index (χ4v) is 5.47. The number of anilines is 3. The zero-order valence-corrected chi connectivity index (χ0v) is 20.3. The van der Waals surface area contributed by atoms with Crippen molar-refractivity contribution in [3.63, 3.8) is 0 Å². The lowest BCUT2D eigenvalue weighted by Crippen LogP contribution is -2.09. The Bertz CT molecular complexity index is 1610.